The monoisotopic (exact) mass is 801 g/mol. The zero-order valence-corrected chi connectivity index (χ0v) is 33.3. The summed E-state index contributed by atoms with van der Waals surface area (Å²) in [6.45, 7) is 6.89. The van der Waals surface area contributed by atoms with Crippen LogP contribution in [0, 0.1) is 11.8 Å². The molecular formula is C42H48ClN5O7S. The highest BCUT2D eigenvalue weighted by molar-refractivity contribution is 7.89. The molecule has 0 aliphatic carbocycles. The summed E-state index contributed by atoms with van der Waals surface area (Å²) in [5.41, 5.74) is 7.82. The molecule has 14 heteroatoms. The average molecular weight is 802 g/mol. The van der Waals surface area contributed by atoms with E-state index in [1.807, 2.05) is 50.2 Å². The summed E-state index contributed by atoms with van der Waals surface area (Å²) in [5.74, 6) is -1.69. The molecule has 1 heterocycles. The van der Waals surface area contributed by atoms with Crippen molar-refractivity contribution in [2.45, 2.75) is 63.7 Å². The number of aromatic nitrogens is 2. The second kappa shape index (κ2) is 18.2. The van der Waals surface area contributed by atoms with Crippen LogP contribution in [0.25, 0.3) is 0 Å². The number of anilines is 1. The third-order valence-corrected chi connectivity index (χ3v) is 11.6. The topological polar surface area (TPSA) is 177 Å². The summed E-state index contributed by atoms with van der Waals surface area (Å²) in [4.78, 5) is 40.9. The molecule has 3 atom stereocenters. The number of rotatable bonds is 17. The van der Waals surface area contributed by atoms with Crippen molar-refractivity contribution in [2.24, 2.45) is 11.8 Å². The lowest BCUT2D eigenvalue weighted by atomic mass is 9.98. The van der Waals surface area contributed by atoms with E-state index in [0.717, 1.165) is 14.7 Å². The Labute approximate surface area is 332 Å². The Kier molecular flexibility index (Phi) is 13.6. The second-order valence-corrected chi connectivity index (χ2v) is 17.0. The first-order chi connectivity index (χ1) is 26.6. The lowest BCUT2D eigenvalue weighted by molar-refractivity contribution is -0.127. The number of carbonyl (C=O) groups excluding carboxylic acids is 2. The number of nitrogens with one attached hydrogen (secondary N) is 1. The van der Waals surface area contributed by atoms with Crippen LogP contribution in [0.4, 0.5) is 5.69 Å². The molecule has 1 aromatic heterocycles. The second-order valence-electron chi connectivity index (χ2n) is 14.6. The zero-order valence-electron chi connectivity index (χ0n) is 31.7. The van der Waals surface area contributed by atoms with Gasteiger partial charge in [-0.25, -0.2) is 13.2 Å². The summed E-state index contributed by atoms with van der Waals surface area (Å²) >= 11 is 6.07. The summed E-state index contributed by atoms with van der Waals surface area (Å²) in [6.07, 6.45) is -0.0416. The predicted molar refractivity (Wildman–Crippen MR) is 217 cm³/mol. The minimum Gasteiger partial charge on any atom is -0.493 e. The third kappa shape index (κ3) is 9.96. The number of carbonyl (C=O) groups is 2. The van der Waals surface area contributed by atoms with Gasteiger partial charge in [0.1, 0.15) is 6.04 Å². The number of benzene rings is 4. The molecular weight excluding hydrogens is 754 g/mol. The normalized spacial score (nSPS) is 13.5. The van der Waals surface area contributed by atoms with Gasteiger partial charge in [-0.2, -0.15) is 4.31 Å². The van der Waals surface area contributed by atoms with Crippen LogP contribution in [0.3, 0.4) is 0 Å². The van der Waals surface area contributed by atoms with Crippen LogP contribution in [0.5, 0.6) is 5.88 Å². The van der Waals surface area contributed by atoms with E-state index in [-0.39, 0.29) is 59.2 Å². The maximum absolute atomic E-state index is 14.2. The molecule has 1 amide bonds. The summed E-state index contributed by atoms with van der Waals surface area (Å²) in [7, 11) is -4.16. The molecule has 0 saturated heterocycles. The van der Waals surface area contributed by atoms with Gasteiger partial charge >= 0.3 is 5.69 Å². The largest absolute Gasteiger partial charge is 0.493 e. The average Bonchev–Trinajstić information content (AvgIpc) is 3.43. The van der Waals surface area contributed by atoms with E-state index in [1.165, 1.54) is 28.7 Å². The zero-order chi connectivity index (χ0) is 40.7. The summed E-state index contributed by atoms with van der Waals surface area (Å²) < 4.78 is 31.3. The van der Waals surface area contributed by atoms with Crippen molar-refractivity contribution in [2.75, 3.05) is 18.8 Å². The van der Waals surface area contributed by atoms with E-state index < -0.39 is 45.7 Å². The predicted octanol–water partition coefficient (Wildman–Crippen LogP) is 5.50. The molecule has 56 heavy (non-hydrogen) atoms. The van der Waals surface area contributed by atoms with Gasteiger partial charge in [0.15, 0.2) is 5.78 Å². The number of imidazole rings is 1. The van der Waals surface area contributed by atoms with Crippen LogP contribution < -0.4 is 16.7 Å². The highest BCUT2D eigenvalue weighted by atomic mass is 35.5. The fourth-order valence-corrected chi connectivity index (χ4v) is 8.32. The van der Waals surface area contributed by atoms with Crippen LogP contribution in [0.2, 0.25) is 5.02 Å². The highest BCUT2D eigenvalue weighted by Crippen LogP contribution is 2.26. The number of ketones is 1. The molecule has 0 aliphatic heterocycles. The SMILES string of the molecule is CC(C)CN(C[C@@H](O)[C@H](Cc1ccccc1)NC(=O)[C@H](C(C)C)n1cc(O)n(Cc2ccc(C(=O)c3ccccc3)cc2)c1=O)S(=O)(=O)c1ccc(Cl)c(N)c1. The van der Waals surface area contributed by atoms with Crippen molar-refractivity contribution in [3.63, 3.8) is 0 Å². The van der Waals surface area contributed by atoms with Gasteiger partial charge in [0.25, 0.3) is 0 Å². The van der Waals surface area contributed by atoms with Gasteiger partial charge in [-0.1, -0.05) is 124 Å². The van der Waals surface area contributed by atoms with Crippen LogP contribution in [0.1, 0.15) is 60.8 Å². The van der Waals surface area contributed by atoms with Crippen molar-refractivity contribution in [1.82, 2.24) is 18.8 Å². The Bertz CT molecular complexity index is 2290. The van der Waals surface area contributed by atoms with E-state index in [9.17, 15) is 33.0 Å². The molecule has 5 rings (SSSR count). The molecule has 0 saturated carbocycles. The first-order valence-electron chi connectivity index (χ1n) is 18.3. The molecule has 4 aromatic carbocycles. The van der Waals surface area contributed by atoms with Crippen molar-refractivity contribution in [3.05, 3.63) is 147 Å². The number of aromatic hydroxyl groups is 1. The van der Waals surface area contributed by atoms with Crippen LogP contribution in [0.15, 0.2) is 119 Å². The van der Waals surface area contributed by atoms with Crippen molar-refractivity contribution < 1.29 is 28.2 Å². The molecule has 296 valence electrons. The van der Waals surface area contributed by atoms with E-state index in [4.69, 9.17) is 17.3 Å². The number of aliphatic hydroxyl groups excluding tert-OH is 1. The Morgan fingerprint density at radius 1 is 0.857 bits per heavy atom. The fourth-order valence-electron chi connectivity index (χ4n) is 6.55. The number of nitrogen functional groups attached to an aromatic ring is 1. The van der Waals surface area contributed by atoms with Gasteiger partial charge < -0.3 is 21.3 Å². The van der Waals surface area contributed by atoms with Crippen LogP contribution in [-0.2, 0) is 27.8 Å². The third-order valence-electron chi connectivity index (χ3n) is 9.43. The Morgan fingerprint density at radius 2 is 1.46 bits per heavy atom. The Morgan fingerprint density at radius 3 is 2.05 bits per heavy atom. The number of nitrogens with two attached hydrogens (primary N) is 1. The van der Waals surface area contributed by atoms with Gasteiger partial charge in [-0.3, -0.25) is 18.7 Å². The standard InChI is InChI=1S/C42H48ClN5O7S/c1-27(2)23-46(56(54,55)33-19-20-34(43)35(44)22-33)25-37(49)36(21-29-11-7-5-8-12-29)45-41(52)39(28(3)4)48-26-38(50)47(42(48)53)24-30-15-17-32(18-16-30)40(51)31-13-9-6-10-14-31/h5-20,22,26-28,36-37,39,49-50H,21,23-25,44H2,1-4H3,(H,45,52)/t36-,37+,39-/m0/s1. The van der Waals surface area contributed by atoms with Gasteiger partial charge in [0.2, 0.25) is 21.8 Å². The molecule has 0 radical (unpaired) electrons. The van der Waals surface area contributed by atoms with Crippen molar-refractivity contribution in [3.8, 4) is 5.88 Å². The summed E-state index contributed by atoms with van der Waals surface area (Å²) in [6, 6.07) is 26.6. The minimum atomic E-state index is -4.16. The molecule has 5 N–H and O–H groups in total. The minimum absolute atomic E-state index is 0.0291. The molecule has 0 bridgehead atoms. The highest BCUT2D eigenvalue weighted by Gasteiger charge is 2.35. The van der Waals surface area contributed by atoms with Gasteiger partial charge in [0, 0.05) is 24.2 Å². The lowest BCUT2D eigenvalue weighted by Crippen LogP contribution is -2.53. The number of aliphatic hydroxyl groups is 1. The van der Waals surface area contributed by atoms with Gasteiger partial charge in [-0.05, 0) is 47.6 Å². The van der Waals surface area contributed by atoms with Crippen LogP contribution in [-0.4, -0.2) is 69.0 Å². The smallest absolute Gasteiger partial charge is 0.332 e. The molecule has 0 spiro atoms. The molecule has 5 aromatic rings. The van der Waals surface area contributed by atoms with Crippen molar-refractivity contribution >= 4 is 39.0 Å². The number of halogens is 1. The summed E-state index contributed by atoms with van der Waals surface area (Å²) in [5, 5.41) is 25.9. The van der Waals surface area contributed by atoms with E-state index in [2.05, 4.69) is 5.32 Å². The van der Waals surface area contributed by atoms with Crippen LogP contribution >= 0.6 is 11.6 Å². The number of hydrogen-bond donors (Lipinski definition) is 4. The molecule has 0 fully saturated rings. The number of amides is 1. The number of sulfonamides is 1. The number of nitrogens with zero attached hydrogens (tertiary/aromatic N) is 3. The number of hydrogen-bond acceptors (Lipinski definition) is 8. The quantitative estimate of drug-likeness (QED) is 0.0704. The lowest BCUT2D eigenvalue weighted by Gasteiger charge is -2.32. The van der Waals surface area contributed by atoms with E-state index >= 15 is 0 Å². The fraction of sp³-hybridized carbons (Fsp3) is 0.310. The van der Waals surface area contributed by atoms with E-state index in [0.29, 0.717) is 16.7 Å². The van der Waals surface area contributed by atoms with Gasteiger partial charge in [-0.15, -0.1) is 0 Å². The van der Waals surface area contributed by atoms with Crippen molar-refractivity contribution in [1.29, 1.82) is 0 Å². The first-order valence-corrected chi connectivity index (χ1v) is 20.2. The molecule has 12 nitrogen and oxygen atoms in total. The first kappa shape index (κ1) is 41.9. The Hall–Kier alpha value is -5.21. The Balaban J connectivity index is 1.40. The maximum Gasteiger partial charge on any atom is 0.332 e. The molecule has 0 aliphatic rings. The maximum atomic E-state index is 14.2. The van der Waals surface area contributed by atoms with E-state index in [1.54, 1.807) is 62.4 Å². The molecule has 0 unspecified atom stereocenters. The van der Waals surface area contributed by atoms with Gasteiger partial charge in [0.05, 0.1) is 40.5 Å².